The van der Waals surface area contributed by atoms with Crippen molar-refractivity contribution < 1.29 is 4.79 Å². The van der Waals surface area contributed by atoms with Crippen molar-refractivity contribution >= 4 is 32.6 Å². The lowest BCUT2D eigenvalue weighted by atomic mass is 10.1. The van der Waals surface area contributed by atoms with E-state index in [1.54, 1.807) is 11.3 Å². The summed E-state index contributed by atoms with van der Waals surface area (Å²) < 4.78 is 1.13. The molecule has 0 bridgehead atoms. The number of aromatic nitrogens is 1. The van der Waals surface area contributed by atoms with Gasteiger partial charge < -0.3 is 5.32 Å². The van der Waals surface area contributed by atoms with Crippen molar-refractivity contribution in [3.05, 3.63) is 23.8 Å². The van der Waals surface area contributed by atoms with E-state index in [1.165, 1.54) is 19.3 Å². The molecule has 0 aliphatic carbocycles. The minimum absolute atomic E-state index is 0.0817. The molecule has 1 amide bonds. The standard InChI is InChI=1S/C16H22N2OS/c1-3-4-5-6-7-11-14(19)17-16-18-15-12(2)9-8-10-13(15)20-16/h8-10H,3-7,11H2,1-2H3,(H,17,18,19). The van der Waals surface area contributed by atoms with E-state index in [-0.39, 0.29) is 5.91 Å². The Bertz CT molecular complexity index is 577. The summed E-state index contributed by atoms with van der Waals surface area (Å²) in [5.41, 5.74) is 2.15. The fourth-order valence-corrected chi connectivity index (χ4v) is 3.17. The summed E-state index contributed by atoms with van der Waals surface area (Å²) in [6, 6.07) is 6.11. The number of rotatable bonds is 7. The molecular weight excluding hydrogens is 268 g/mol. The number of benzene rings is 1. The predicted octanol–water partition coefficient (Wildman–Crippen LogP) is 4.90. The minimum Gasteiger partial charge on any atom is -0.302 e. The molecule has 1 N–H and O–H groups in total. The predicted molar refractivity (Wildman–Crippen MR) is 86.4 cm³/mol. The fourth-order valence-electron chi connectivity index (χ4n) is 2.21. The quantitative estimate of drug-likeness (QED) is 0.737. The lowest BCUT2D eigenvalue weighted by Crippen LogP contribution is -2.10. The van der Waals surface area contributed by atoms with Crippen LogP contribution in [-0.2, 0) is 4.79 Å². The molecule has 0 aliphatic rings. The molecule has 0 atom stereocenters. The van der Waals surface area contributed by atoms with E-state index in [9.17, 15) is 4.79 Å². The normalized spacial score (nSPS) is 10.9. The van der Waals surface area contributed by atoms with Gasteiger partial charge >= 0.3 is 0 Å². The van der Waals surface area contributed by atoms with E-state index < -0.39 is 0 Å². The van der Waals surface area contributed by atoms with E-state index in [2.05, 4.69) is 17.2 Å². The monoisotopic (exact) mass is 290 g/mol. The SMILES string of the molecule is CCCCCCCC(=O)Nc1nc2c(C)cccc2s1. The first-order valence-electron chi connectivity index (χ1n) is 7.36. The highest BCUT2D eigenvalue weighted by atomic mass is 32.1. The number of anilines is 1. The topological polar surface area (TPSA) is 42.0 Å². The molecule has 0 fully saturated rings. The Morgan fingerprint density at radius 1 is 1.25 bits per heavy atom. The number of carbonyl (C=O) groups is 1. The Morgan fingerprint density at radius 3 is 2.80 bits per heavy atom. The zero-order chi connectivity index (χ0) is 14.4. The average molecular weight is 290 g/mol. The van der Waals surface area contributed by atoms with Crippen LogP contribution in [0.2, 0.25) is 0 Å². The van der Waals surface area contributed by atoms with Gasteiger partial charge in [-0.25, -0.2) is 4.98 Å². The van der Waals surface area contributed by atoms with E-state index >= 15 is 0 Å². The van der Waals surface area contributed by atoms with Crippen LogP contribution < -0.4 is 5.32 Å². The second-order valence-corrected chi connectivity index (χ2v) is 6.18. The molecular formula is C16H22N2OS. The lowest BCUT2D eigenvalue weighted by molar-refractivity contribution is -0.116. The molecule has 2 rings (SSSR count). The van der Waals surface area contributed by atoms with Gasteiger partial charge in [0.05, 0.1) is 10.2 Å². The molecule has 0 unspecified atom stereocenters. The maximum absolute atomic E-state index is 11.9. The van der Waals surface area contributed by atoms with Crippen LogP contribution in [0.15, 0.2) is 18.2 Å². The number of carbonyl (C=O) groups excluding carboxylic acids is 1. The van der Waals surface area contributed by atoms with Crippen molar-refractivity contribution in [3.8, 4) is 0 Å². The zero-order valence-corrected chi connectivity index (χ0v) is 13.1. The van der Waals surface area contributed by atoms with Crippen molar-refractivity contribution in [2.24, 2.45) is 0 Å². The van der Waals surface area contributed by atoms with Gasteiger partial charge in [-0.3, -0.25) is 4.79 Å². The Hall–Kier alpha value is -1.42. The van der Waals surface area contributed by atoms with Crippen molar-refractivity contribution in [1.29, 1.82) is 0 Å². The number of hydrogen-bond acceptors (Lipinski definition) is 3. The minimum atomic E-state index is 0.0817. The van der Waals surface area contributed by atoms with Gasteiger partial charge in [-0.2, -0.15) is 0 Å². The van der Waals surface area contributed by atoms with Gasteiger partial charge in [0.1, 0.15) is 0 Å². The Balaban J connectivity index is 1.85. The van der Waals surface area contributed by atoms with Crippen LogP contribution in [0.25, 0.3) is 10.2 Å². The lowest BCUT2D eigenvalue weighted by Gasteiger charge is -2.01. The number of hydrogen-bond donors (Lipinski definition) is 1. The van der Waals surface area contributed by atoms with Crippen molar-refractivity contribution in [3.63, 3.8) is 0 Å². The molecule has 1 aromatic carbocycles. The van der Waals surface area contributed by atoms with Gasteiger partial charge in [0, 0.05) is 6.42 Å². The molecule has 0 spiro atoms. The number of aryl methyl sites for hydroxylation is 1. The second-order valence-electron chi connectivity index (χ2n) is 5.15. The van der Waals surface area contributed by atoms with Crippen LogP contribution in [0.5, 0.6) is 0 Å². The summed E-state index contributed by atoms with van der Waals surface area (Å²) in [5, 5.41) is 3.63. The van der Waals surface area contributed by atoms with Gasteiger partial charge in [0.25, 0.3) is 0 Å². The summed E-state index contributed by atoms with van der Waals surface area (Å²) in [6.45, 7) is 4.24. The molecule has 108 valence electrons. The molecule has 0 saturated heterocycles. The molecule has 1 heterocycles. The fraction of sp³-hybridized carbons (Fsp3) is 0.500. The molecule has 2 aromatic rings. The third kappa shape index (κ3) is 4.04. The molecule has 0 saturated carbocycles. The van der Waals surface area contributed by atoms with Crippen molar-refractivity contribution in [1.82, 2.24) is 4.98 Å². The van der Waals surface area contributed by atoms with Crippen molar-refractivity contribution in [2.45, 2.75) is 52.4 Å². The molecule has 0 radical (unpaired) electrons. The highest BCUT2D eigenvalue weighted by molar-refractivity contribution is 7.22. The summed E-state index contributed by atoms with van der Waals surface area (Å²) >= 11 is 1.54. The largest absolute Gasteiger partial charge is 0.302 e. The summed E-state index contributed by atoms with van der Waals surface area (Å²) in [7, 11) is 0. The van der Waals surface area contributed by atoms with Crippen molar-refractivity contribution in [2.75, 3.05) is 5.32 Å². The van der Waals surface area contributed by atoms with Crippen LogP contribution >= 0.6 is 11.3 Å². The number of fused-ring (bicyclic) bond motifs is 1. The van der Waals surface area contributed by atoms with E-state index in [4.69, 9.17) is 0 Å². The van der Waals surface area contributed by atoms with Crippen LogP contribution in [0, 0.1) is 6.92 Å². The van der Waals surface area contributed by atoms with E-state index in [0.29, 0.717) is 11.6 Å². The molecule has 4 heteroatoms. The average Bonchev–Trinajstić information content (AvgIpc) is 2.82. The van der Waals surface area contributed by atoms with Crippen LogP contribution in [-0.4, -0.2) is 10.9 Å². The van der Waals surface area contributed by atoms with Crippen LogP contribution in [0.3, 0.4) is 0 Å². The molecule has 0 aliphatic heterocycles. The number of amides is 1. The molecule has 20 heavy (non-hydrogen) atoms. The van der Waals surface area contributed by atoms with Crippen LogP contribution in [0.4, 0.5) is 5.13 Å². The van der Waals surface area contributed by atoms with Crippen LogP contribution in [0.1, 0.15) is 51.0 Å². The first-order chi connectivity index (χ1) is 9.70. The van der Waals surface area contributed by atoms with Gasteiger partial charge in [0.2, 0.25) is 5.91 Å². The number of unbranched alkanes of at least 4 members (excludes halogenated alkanes) is 4. The Kier molecular flexibility index (Phi) is 5.53. The van der Waals surface area contributed by atoms with E-state index in [0.717, 1.165) is 28.6 Å². The van der Waals surface area contributed by atoms with Gasteiger partial charge in [-0.05, 0) is 25.0 Å². The van der Waals surface area contributed by atoms with Gasteiger partial charge in [-0.1, -0.05) is 56.1 Å². The third-order valence-electron chi connectivity index (χ3n) is 3.37. The second kappa shape index (κ2) is 7.39. The van der Waals surface area contributed by atoms with E-state index in [1.807, 2.05) is 25.1 Å². The number of para-hydroxylation sites is 1. The summed E-state index contributed by atoms with van der Waals surface area (Å²) in [6.07, 6.45) is 6.43. The Labute approximate surface area is 124 Å². The smallest absolute Gasteiger partial charge is 0.226 e. The number of nitrogens with zero attached hydrogens (tertiary/aromatic N) is 1. The zero-order valence-electron chi connectivity index (χ0n) is 12.2. The Morgan fingerprint density at radius 2 is 2.05 bits per heavy atom. The summed E-state index contributed by atoms with van der Waals surface area (Å²) in [4.78, 5) is 16.4. The van der Waals surface area contributed by atoms with Gasteiger partial charge in [0.15, 0.2) is 5.13 Å². The first kappa shape index (κ1) is 15.0. The maximum atomic E-state index is 11.9. The first-order valence-corrected chi connectivity index (χ1v) is 8.18. The number of nitrogens with one attached hydrogen (secondary N) is 1. The highest BCUT2D eigenvalue weighted by Crippen LogP contribution is 2.27. The number of thiazole rings is 1. The third-order valence-corrected chi connectivity index (χ3v) is 4.31. The molecule has 3 nitrogen and oxygen atoms in total. The highest BCUT2D eigenvalue weighted by Gasteiger charge is 2.08. The molecule has 1 aromatic heterocycles. The summed E-state index contributed by atoms with van der Waals surface area (Å²) in [5.74, 6) is 0.0817. The maximum Gasteiger partial charge on any atom is 0.226 e. The van der Waals surface area contributed by atoms with Gasteiger partial charge in [-0.15, -0.1) is 0 Å².